The molecule has 1 aromatic heterocycles. The molecule has 0 saturated heterocycles. The minimum atomic E-state index is -0.518. The molecule has 0 aliphatic rings. The number of aromatic nitrogens is 1. The van der Waals surface area contributed by atoms with Gasteiger partial charge in [-0.1, -0.05) is 0 Å². The van der Waals surface area contributed by atoms with E-state index in [2.05, 4.69) is 5.32 Å². The zero-order valence-corrected chi connectivity index (χ0v) is 11.3. The average Bonchev–Trinajstić information content (AvgIpc) is 2.72. The lowest BCUT2D eigenvalue weighted by atomic mass is 10.2. The standard InChI is InChI=1S/C14H16FN3O2/c1-3-20-13-5-4-10(7-11(13)15)17-14(19)12-6-9(16)8-18(12)2/h4-8H,3,16H2,1-2H3,(H,17,19). The number of benzene rings is 1. The Bertz CT molecular complexity index is 637. The number of rotatable bonds is 4. The molecule has 3 N–H and O–H groups in total. The van der Waals surface area contributed by atoms with E-state index in [0.29, 0.717) is 23.7 Å². The fraction of sp³-hybridized carbons (Fsp3) is 0.214. The van der Waals surface area contributed by atoms with E-state index in [1.165, 1.54) is 12.1 Å². The van der Waals surface area contributed by atoms with Gasteiger partial charge in [0.15, 0.2) is 11.6 Å². The van der Waals surface area contributed by atoms with Crippen LogP contribution in [0.5, 0.6) is 5.75 Å². The summed E-state index contributed by atoms with van der Waals surface area (Å²) in [6.07, 6.45) is 1.63. The zero-order chi connectivity index (χ0) is 14.7. The number of hydrogen-bond acceptors (Lipinski definition) is 3. The maximum atomic E-state index is 13.7. The van der Waals surface area contributed by atoms with Crippen molar-refractivity contribution in [1.82, 2.24) is 4.57 Å². The van der Waals surface area contributed by atoms with Crippen LogP contribution in [-0.4, -0.2) is 17.1 Å². The number of nitrogen functional groups attached to an aromatic ring is 1. The van der Waals surface area contributed by atoms with Gasteiger partial charge in [-0.2, -0.15) is 0 Å². The molecule has 0 fully saturated rings. The second-order valence-electron chi connectivity index (χ2n) is 4.30. The normalized spacial score (nSPS) is 10.3. The summed E-state index contributed by atoms with van der Waals surface area (Å²) in [5, 5.41) is 2.61. The number of carbonyl (C=O) groups is 1. The molecule has 106 valence electrons. The third-order valence-corrected chi connectivity index (χ3v) is 2.75. The Morgan fingerprint density at radius 2 is 2.20 bits per heavy atom. The van der Waals surface area contributed by atoms with E-state index in [-0.39, 0.29) is 11.7 Å². The topological polar surface area (TPSA) is 69.3 Å². The van der Waals surface area contributed by atoms with Gasteiger partial charge in [-0.3, -0.25) is 4.79 Å². The molecular formula is C14H16FN3O2. The average molecular weight is 277 g/mol. The van der Waals surface area contributed by atoms with Crippen LogP contribution in [0.1, 0.15) is 17.4 Å². The van der Waals surface area contributed by atoms with Gasteiger partial charge in [0.25, 0.3) is 5.91 Å². The lowest BCUT2D eigenvalue weighted by Gasteiger charge is -2.08. The van der Waals surface area contributed by atoms with E-state index >= 15 is 0 Å². The van der Waals surface area contributed by atoms with Crippen molar-refractivity contribution in [2.24, 2.45) is 7.05 Å². The summed E-state index contributed by atoms with van der Waals surface area (Å²) < 4.78 is 20.4. The van der Waals surface area contributed by atoms with Crippen molar-refractivity contribution < 1.29 is 13.9 Å². The van der Waals surface area contributed by atoms with Crippen LogP contribution < -0.4 is 15.8 Å². The third-order valence-electron chi connectivity index (χ3n) is 2.75. The van der Waals surface area contributed by atoms with E-state index < -0.39 is 5.82 Å². The molecule has 0 saturated carbocycles. The largest absolute Gasteiger partial charge is 0.491 e. The van der Waals surface area contributed by atoms with Crippen LogP contribution in [0.4, 0.5) is 15.8 Å². The van der Waals surface area contributed by atoms with Crippen molar-refractivity contribution in [1.29, 1.82) is 0 Å². The van der Waals surface area contributed by atoms with Gasteiger partial charge < -0.3 is 20.4 Å². The fourth-order valence-electron chi connectivity index (χ4n) is 1.86. The zero-order valence-electron chi connectivity index (χ0n) is 11.3. The van der Waals surface area contributed by atoms with Gasteiger partial charge in [0.05, 0.1) is 12.3 Å². The third kappa shape index (κ3) is 2.90. The first-order valence-electron chi connectivity index (χ1n) is 6.16. The Morgan fingerprint density at radius 3 is 2.75 bits per heavy atom. The number of nitrogens with one attached hydrogen (secondary N) is 1. The van der Waals surface area contributed by atoms with Crippen LogP contribution in [0.3, 0.4) is 0 Å². The fourth-order valence-corrected chi connectivity index (χ4v) is 1.86. The van der Waals surface area contributed by atoms with Gasteiger partial charge in [0.1, 0.15) is 5.69 Å². The molecule has 0 atom stereocenters. The van der Waals surface area contributed by atoms with Crippen molar-refractivity contribution in [2.75, 3.05) is 17.7 Å². The Balaban J connectivity index is 2.16. The summed E-state index contributed by atoms with van der Waals surface area (Å²) in [7, 11) is 1.71. The van der Waals surface area contributed by atoms with Gasteiger partial charge in [0, 0.05) is 25.0 Å². The number of nitrogens with two attached hydrogens (primary N) is 1. The number of anilines is 2. The highest BCUT2D eigenvalue weighted by atomic mass is 19.1. The quantitative estimate of drug-likeness (QED) is 0.901. The predicted molar refractivity (Wildman–Crippen MR) is 75.3 cm³/mol. The van der Waals surface area contributed by atoms with Crippen LogP contribution in [0, 0.1) is 5.82 Å². The second-order valence-corrected chi connectivity index (χ2v) is 4.30. The van der Waals surface area contributed by atoms with E-state index in [0.717, 1.165) is 0 Å². The molecule has 2 aromatic rings. The molecule has 1 amide bonds. The molecule has 0 aliphatic heterocycles. The molecule has 0 unspecified atom stereocenters. The SMILES string of the molecule is CCOc1ccc(NC(=O)c2cc(N)cn2C)cc1F. The minimum Gasteiger partial charge on any atom is -0.491 e. The summed E-state index contributed by atoms with van der Waals surface area (Å²) in [5.74, 6) is -0.711. The smallest absolute Gasteiger partial charge is 0.272 e. The van der Waals surface area contributed by atoms with E-state index in [9.17, 15) is 9.18 Å². The van der Waals surface area contributed by atoms with E-state index in [1.807, 2.05) is 0 Å². The van der Waals surface area contributed by atoms with Crippen molar-refractivity contribution in [3.63, 3.8) is 0 Å². The molecule has 2 rings (SSSR count). The number of carbonyl (C=O) groups excluding carboxylic acids is 1. The second kappa shape index (κ2) is 5.64. The summed E-state index contributed by atoms with van der Waals surface area (Å²) in [4.78, 5) is 12.0. The summed E-state index contributed by atoms with van der Waals surface area (Å²) in [5.41, 5.74) is 6.86. The van der Waals surface area contributed by atoms with E-state index in [4.69, 9.17) is 10.5 Å². The maximum Gasteiger partial charge on any atom is 0.272 e. The first-order valence-corrected chi connectivity index (χ1v) is 6.16. The van der Waals surface area contributed by atoms with Crippen LogP contribution in [0.25, 0.3) is 0 Å². The van der Waals surface area contributed by atoms with Gasteiger partial charge in [-0.25, -0.2) is 4.39 Å². The number of aryl methyl sites for hydroxylation is 1. The molecule has 0 radical (unpaired) electrons. The minimum absolute atomic E-state index is 0.161. The highest BCUT2D eigenvalue weighted by molar-refractivity contribution is 6.03. The Hall–Kier alpha value is -2.50. The van der Waals surface area contributed by atoms with Crippen molar-refractivity contribution >= 4 is 17.3 Å². The molecule has 0 bridgehead atoms. The number of ether oxygens (including phenoxy) is 1. The monoisotopic (exact) mass is 277 g/mol. The predicted octanol–water partition coefficient (Wildman–Crippen LogP) is 2.40. The van der Waals surface area contributed by atoms with Crippen LogP contribution in [-0.2, 0) is 7.05 Å². The lowest BCUT2D eigenvalue weighted by molar-refractivity contribution is 0.101. The first kappa shape index (κ1) is 13.9. The van der Waals surface area contributed by atoms with Crippen molar-refractivity contribution in [2.45, 2.75) is 6.92 Å². The first-order chi connectivity index (χ1) is 9.51. The van der Waals surface area contributed by atoms with Gasteiger partial charge in [0.2, 0.25) is 0 Å². The number of amides is 1. The summed E-state index contributed by atoms with van der Waals surface area (Å²) >= 11 is 0. The summed E-state index contributed by atoms with van der Waals surface area (Å²) in [6, 6.07) is 5.83. The van der Waals surface area contributed by atoms with Crippen LogP contribution >= 0.6 is 0 Å². The van der Waals surface area contributed by atoms with Crippen molar-refractivity contribution in [3.8, 4) is 5.75 Å². The van der Waals surface area contributed by atoms with Crippen LogP contribution in [0.15, 0.2) is 30.5 Å². The number of halogens is 1. The van der Waals surface area contributed by atoms with E-state index in [1.54, 1.807) is 36.9 Å². The maximum absolute atomic E-state index is 13.7. The van der Waals surface area contributed by atoms with Crippen LogP contribution in [0.2, 0.25) is 0 Å². The molecule has 0 spiro atoms. The molecule has 1 heterocycles. The molecular weight excluding hydrogens is 261 g/mol. The summed E-state index contributed by atoms with van der Waals surface area (Å²) in [6.45, 7) is 2.15. The molecule has 20 heavy (non-hydrogen) atoms. The molecule has 6 heteroatoms. The Kier molecular flexibility index (Phi) is 3.93. The molecule has 0 aliphatic carbocycles. The molecule has 1 aromatic carbocycles. The van der Waals surface area contributed by atoms with Crippen molar-refractivity contribution in [3.05, 3.63) is 42.0 Å². The molecule has 5 nitrogen and oxygen atoms in total. The number of nitrogens with zero attached hydrogens (tertiary/aromatic N) is 1. The number of hydrogen-bond donors (Lipinski definition) is 2. The van der Waals surface area contributed by atoms with Gasteiger partial charge >= 0.3 is 0 Å². The lowest BCUT2D eigenvalue weighted by Crippen LogP contribution is -2.15. The van der Waals surface area contributed by atoms with Gasteiger partial charge in [-0.15, -0.1) is 0 Å². The Labute approximate surface area is 116 Å². The highest BCUT2D eigenvalue weighted by Crippen LogP contribution is 2.21. The van der Waals surface area contributed by atoms with Gasteiger partial charge in [-0.05, 0) is 25.1 Å². The highest BCUT2D eigenvalue weighted by Gasteiger charge is 2.12. The Morgan fingerprint density at radius 1 is 1.45 bits per heavy atom.